The maximum absolute atomic E-state index is 12.2. The molecule has 4 rings (SSSR count). The number of benzene rings is 2. The first-order chi connectivity index (χ1) is 10.2. The number of carbonyl (C=O) groups is 1. The average Bonchev–Trinajstić information content (AvgIpc) is 3.03. The lowest BCUT2D eigenvalue weighted by molar-refractivity contribution is -0.117. The maximum atomic E-state index is 12.2. The molecule has 0 radical (unpaired) electrons. The molecule has 1 amide bonds. The SMILES string of the molecule is O=C1Cc2cc(Br)ccc2N1Cc1ccc2c(c1)OCO2. The van der Waals surface area contributed by atoms with Crippen molar-refractivity contribution in [2.45, 2.75) is 13.0 Å². The lowest BCUT2D eigenvalue weighted by atomic mass is 10.1. The molecule has 21 heavy (non-hydrogen) atoms. The highest BCUT2D eigenvalue weighted by Gasteiger charge is 2.27. The van der Waals surface area contributed by atoms with Gasteiger partial charge in [0, 0.05) is 10.2 Å². The summed E-state index contributed by atoms with van der Waals surface area (Å²) >= 11 is 3.45. The van der Waals surface area contributed by atoms with E-state index < -0.39 is 0 Å². The number of fused-ring (bicyclic) bond motifs is 2. The Morgan fingerprint density at radius 2 is 1.95 bits per heavy atom. The fraction of sp³-hybridized carbons (Fsp3) is 0.188. The highest BCUT2D eigenvalue weighted by atomic mass is 79.9. The molecule has 0 saturated carbocycles. The minimum atomic E-state index is 0.126. The molecule has 2 heterocycles. The lowest BCUT2D eigenvalue weighted by Crippen LogP contribution is -2.25. The Bertz CT molecular complexity index is 744. The zero-order chi connectivity index (χ0) is 14.4. The third kappa shape index (κ3) is 2.17. The second-order valence-corrected chi connectivity index (χ2v) is 6.03. The van der Waals surface area contributed by atoms with Crippen molar-refractivity contribution in [1.29, 1.82) is 0 Å². The van der Waals surface area contributed by atoms with Crippen LogP contribution in [0.15, 0.2) is 40.9 Å². The number of hydrogen-bond acceptors (Lipinski definition) is 3. The Kier molecular flexibility index (Phi) is 2.89. The van der Waals surface area contributed by atoms with Gasteiger partial charge in [0.2, 0.25) is 12.7 Å². The molecule has 0 atom stereocenters. The number of carbonyl (C=O) groups excluding carboxylic acids is 1. The van der Waals surface area contributed by atoms with E-state index in [9.17, 15) is 4.79 Å². The van der Waals surface area contributed by atoms with Crippen molar-refractivity contribution in [3.05, 3.63) is 52.0 Å². The summed E-state index contributed by atoms with van der Waals surface area (Å²) in [5.74, 6) is 1.63. The van der Waals surface area contributed by atoms with E-state index in [-0.39, 0.29) is 12.7 Å². The number of nitrogens with zero attached hydrogens (tertiary/aromatic N) is 1. The molecule has 0 saturated heterocycles. The lowest BCUT2D eigenvalue weighted by Gasteiger charge is -2.17. The van der Waals surface area contributed by atoms with Gasteiger partial charge in [-0.25, -0.2) is 0 Å². The predicted molar refractivity (Wildman–Crippen MR) is 81.6 cm³/mol. The van der Waals surface area contributed by atoms with E-state index in [1.165, 1.54) is 0 Å². The smallest absolute Gasteiger partial charge is 0.231 e. The number of amides is 1. The summed E-state index contributed by atoms with van der Waals surface area (Å²) in [5, 5.41) is 0. The van der Waals surface area contributed by atoms with Crippen LogP contribution in [-0.2, 0) is 17.8 Å². The number of halogens is 1. The Morgan fingerprint density at radius 3 is 2.86 bits per heavy atom. The number of rotatable bonds is 2. The molecule has 0 fully saturated rings. The van der Waals surface area contributed by atoms with Gasteiger partial charge in [0.05, 0.1) is 13.0 Å². The van der Waals surface area contributed by atoms with Gasteiger partial charge in [-0.1, -0.05) is 22.0 Å². The van der Waals surface area contributed by atoms with Gasteiger partial charge >= 0.3 is 0 Å². The average molecular weight is 346 g/mol. The molecule has 0 bridgehead atoms. The van der Waals surface area contributed by atoms with Gasteiger partial charge in [0.1, 0.15) is 0 Å². The second-order valence-electron chi connectivity index (χ2n) is 5.12. The largest absolute Gasteiger partial charge is 0.454 e. The molecule has 2 aliphatic heterocycles. The Hall–Kier alpha value is -2.01. The summed E-state index contributed by atoms with van der Waals surface area (Å²) in [6.45, 7) is 0.808. The van der Waals surface area contributed by atoms with E-state index in [0.717, 1.165) is 32.8 Å². The van der Waals surface area contributed by atoms with Crippen molar-refractivity contribution < 1.29 is 14.3 Å². The van der Waals surface area contributed by atoms with Crippen LogP contribution in [0.25, 0.3) is 0 Å². The standard InChI is InChI=1S/C16H12BrNO3/c17-12-2-3-13-11(6-12)7-16(19)18(13)8-10-1-4-14-15(5-10)21-9-20-14/h1-6H,7-9H2. The highest BCUT2D eigenvalue weighted by Crippen LogP contribution is 2.35. The fourth-order valence-electron chi connectivity index (χ4n) is 2.75. The van der Waals surface area contributed by atoms with E-state index in [1.807, 2.05) is 41.3 Å². The van der Waals surface area contributed by atoms with Crippen LogP contribution in [0.1, 0.15) is 11.1 Å². The van der Waals surface area contributed by atoms with Crippen LogP contribution in [0.5, 0.6) is 11.5 Å². The van der Waals surface area contributed by atoms with Crippen molar-refractivity contribution in [2.75, 3.05) is 11.7 Å². The van der Waals surface area contributed by atoms with E-state index in [1.54, 1.807) is 0 Å². The quantitative estimate of drug-likeness (QED) is 0.838. The van der Waals surface area contributed by atoms with E-state index in [4.69, 9.17) is 9.47 Å². The number of anilines is 1. The molecule has 0 aromatic heterocycles. The van der Waals surface area contributed by atoms with Gasteiger partial charge in [-0.2, -0.15) is 0 Å². The van der Waals surface area contributed by atoms with Gasteiger partial charge in [-0.05, 0) is 41.5 Å². The normalized spacial score (nSPS) is 15.5. The van der Waals surface area contributed by atoms with Crippen LogP contribution < -0.4 is 14.4 Å². The van der Waals surface area contributed by atoms with Gasteiger partial charge in [-0.15, -0.1) is 0 Å². The zero-order valence-electron chi connectivity index (χ0n) is 11.1. The van der Waals surface area contributed by atoms with Crippen LogP contribution in [-0.4, -0.2) is 12.7 Å². The first-order valence-corrected chi connectivity index (χ1v) is 7.47. The molecule has 0 N–H and O–H groups in total. The molecular formula is C16H12BrNO3. The number of ether oxygens (including phenoxy) is 2. The van der Waals surface area contributed by atoms with Crippen LogP contribution >= 0.6 is 15.9 Å². The summed E-state index contributed by atoms with van der Waals surface area (Å²) in [5.41, 5.74) is 3.08. The molecule has 4 nitrogen and oxygen atoms in total. The molecule has 2 aliphatic rings. The first-order valence-electron chi connectivity index (χ1n) is 6.68. The molecular weight excluding hydrogens is 334 g/mol. The van der Waals surface area contributed by atoms with Gasteiger partial charge < -0.3 is 14.4 Å². The van der Waals surface area contributed by atoms with Crippen LogP contribution in [0.4, 0.5) is 5.69 Å². The zero-order valence-corrected chi connectivity index (χ0v) is 12.7. The van der Waals surface area contributed by atoms with Crippen molar-refractivity contribution in [2.24, 2.45) is 0 Å². The monoisotopic (exact) mass is 345 g/mol. The molecule has 0 unspecified atom stereocenters. The fourth-order valence-corrected chi connectivity index (χ4v) is 3.16. The summed E-state index contributed by atoms with van der Waals surface area (Å²) in [7, 11) is 0. The van der Waals surface area contributed by atoms with Crippen LogP contribution in [0, 0.1) is 0 Å². The molecule has 106 valence electrons. The number of hydrogen-bond donors (Lipinski definition) is 0. The molecule has 5 heteroatoms. The molecule has 2 aromatic rings. The maximum Gasteiger partial charge on any atom is 0.231 e. The minimum Gasteiger partial charge on any atom is -0.454 e. The Labute approximate surface area is 130 Å². The Balaban J connectivity index is 1.64. The van der Waals surface area contributed by atoms with Gasteiger partial charge in [0.15, 0.2) is 11.5 Å². The summed E-state index contributed by atoms with van der Waals surface area (Å²) in [6.07, 6.45) is 0.458. The van der Waals surface area contributed by atoms with Gasteiger partial charge in [-0.3, -0.25) is 4.79 Å². The topological polar surface area (TPSA) is 38.8 Å². The van der Waals surface area contributed by atoms with E-state index in [2.05, 4.69) is 15.9 Å². The third-order valence-electron chi connectivity index (χ3n) is 3.75. The van der Waals surface area contributed by atoms with Crippen LogP contribution in [0.2, 0.25) is 0 Å². The second kappa shape index (κ2) is 4.77. The van der Waals surface area contributed by atoms with Crippen molar-refractivity contribution in [3.63, 3.8) is 0 Å². The van der Waals surface area contributed by atoms with E-state index in [0.29, 0.717) is 13.0 Å². The van der Waals surface area contributed by atoms with Crippen molar-refractivity contribution >= 4 is 27.5 Å². The Morgan fingerprint density at radius 1 is 1.10 bits per heavy atom. The van der Waals surface area contributed by atoms with E-state index >= 15 is 0 Å². The van der Waals surface area contributed by atoms with Crippen molar-refractivity contribution in [3.8, 4) is 11.5 Å². The summed E-state index contributed by atoms with van der Waals surface area (Å²) in [6, 6.07) is 11.7. The molecule has 2 aromatic carbocycles. The summed E-state index contributed by atoms with van der Waals surface area (Å²) in [4.78, 5) is 14.1. The third-order valence-corrected chi connectivity index (χ3v) is 4.25. The molecule has 0 aliphatic carbocycles. The molecule has 0 spiro atoms. The van der Waals surface area contributed by atoms with Crippen LogP contribution in [0.3, 0.4) is 0 Å². The van der Waals surface area contributed by atoms with Crippen molar-refractivity contribution in [1.82, 2.24) is 0 Å². The predicted octanol–water partition coefficient (Wildman–Crippen LogP) is 3.27. The summed E-state index contributed by atoms with van der Waals surface area (Å²) < 4.78 is 11.7. The highest BCUT2D eigenvalue weighted by molar-refractivity contribution is 9.10. The minimum absolute atomic E-state index is 0.126. The van der Waals surface area contributed by atoms with Gasteiger partial charge in [0.25, 0.3) is 0 Å². The first kappa shape index (κ1) is 12.7.